The van der Waals surface area contributed by atoms with Gasteiger partial charge in [0.25, 0.3) is 0 Å². The normalized spacial score (nSPS) is 10.2. The van der Waals surface area contributed by atoms with Crippen LogP contribution in [0.25, 0.3) is 0 Å². The Bertz CT molecular complexity index is 355. The zero-order valence-electron chi connectivity index (χ0n) is 9.57. The Morgan fingerprint density at radius 3 is 2.88 bits per heavy atom. The molecule has 0 amide bonds. The van der Waals surface area contributed by atoms with E-state index in [4.69, 9.17) is 4.74 Å². The summed E-state index contributed by atoms with van der Waals surface area (Å²) in [4.78, 5) is 13.0. The van der Waals surface area contributed by atoms with Crippen molar-refractivity contribution in [3.63, 3.8) is 0 Å². The lowest BCUT2D eigenvalue weighted by molar-refractivity contribution is 0.112. The van der Waals surface area contributed by atoms with Crippen molar-refractivity contribution in [2.45, 2.75) is 6.92 Å². The molecule has 0 aliphatic rings. The average Bonchev–Trinajstić information content (AvgIpc) is 2.29. The Hall–Kier alpha value is -0.870. The van der Waals surface area contributed by atoms with Crippen LogP contribution in [-0.2, 0) is 4.74 Å². The predicted molar refractivity (Wildman–Crippen MR) is 69.3 cm³/mol. The Kier molecular flexibility index (Phi) is 5.49. The predicted octanol–water partition coefficient (Wildman–Crippen LogP) is 2.73. The highest BCUT2D eigenvalue weighted by atomic mass is 79.9. The standard InChI is InChI=1S/C12H16BrNO2/c1-3-16-7-6-14(2)12-5-4-11(13)8-10(12)9-15/h4-5,8-9H,3,6-7H2,1-2H3. The summed E-state index contributed by atoms with van der Waals surface area (Å²) in [6.45, 7) is 4.13. The molecule has 0 fully saturated rings. The summed E-state index contributed by atoms with van der Waals surface area (Å²) in [5.41, 5.74) is 1.62. The van der Waals surface area contributed by atoms with E-state index in [0.29, 0.717) is 18.8 Å². The molecule has 88 valence electrons. The molecule has 0 aliphatic heterocycles. The van der Waals surface area contributed by atoms with Gasteiger partial charge < -0.3 is 9.64 Å². The van der Waals surface area contributed by atoms with Crippen LogP contribution in [0.3, 0.4) is 0 Å². The van der Waals surface area contributed by atoms with Gasteiger partial charge in [-0.05, 0) is 25.1 Å². The number of hydrogen-bond acceptors (Lipinski definition) is 3. The number of ether oxygens (including phenoxy) is 1. The summed E-state index contributed by atoms with van der Waals surface area (Å²) in [6.07, 6.45) is 0.872. The quantitative estimate of drug-likeness (QED) is 0.595. The summed E-state index contributed by atoms with van der Waals surface area (Å²) < 4.78 is 6.20. The van der Waals surface area contributed by atoms with Gasteiger partial charge in [0, 0.05) is 35.9 Å². The highest BCUT2D eigenvalue weighted by molar-refractivity contribution is 9.10. The third kappa shape index (κ3) is 3.61. The second-order valence-electron chi connectivity index (χ2n) is 3.44. The largest absolute Gasteiger partial charge is 0.380 e. The Labute approximate surface area is 105 Å². The lowest BCUT2D eigenvalue weighted by atomic mass is 10.2. The Balaban J connectivity index is 2.74. The van der Waals surface area contributed by atoms with Crippen LogP contribution in [-0.4, -0.2) is 33.1 Å². The molecule has 0 aliphatic carbocycles. The van der Waals surface area contributed by atoms with Gasteiger partial charge in [0.1, 0.15) is 0 Å². The van der Waals surface area contributed by atoms with Gasteiger partial charge in [0.05, 0.1) is 6.61 Å². The summed E-state index contributed by atoms with van der Waals surface area (Å²) in [6, 6.07) is 5.68. The number of aldehydes is 1. The third-order valence-corrected chi connectivity index (χ3v) is 2.80. The molecule has 0 saturated carbocycles. The van der Waals surface area contributed by atoms with Gasteiger partial charge in [-0.3, -0.25) is 4.79 Å². The van der Waals surface area contributed by atoms with Gasteiger partial charge in [-0.2, -0.15) is 0 Å². The molecule has 0 aromatic heterocycles. The minimum Gasteiger partial charge on any atom is -0.380 e. The molecule has 0 heterocycles. The van der Waals surface area contributed by atoms with E-state index in [2.05, 4.69) is 15.9 Å². The van der Waals surface area contributed by atoms with Crippen LogP contribution in [0.2, 0.25) is 0 Å². The van der Waals surface area contributed by atoms with Crippen LogP contribution in [0.4, 0.5) is 5.69 Å². The van der Waals surface area contributed by atoms with E-state index in [1.165, 1.54) is 0 Å². The van der Waals surface area contributed by atoms with E-state index in [0.717, 1.165) is 23.0 Å². The number of anilines is 1. The van der Waals surface area contributed by atoms with E-state index in [9.17, 15) is 4.79 Å². The van der Waals surface area contributed by atoms with Gasteiger partial charge >= 0.3 is 0 Å². The Morgan fingerprint density at radius 2 is 2.25 bits per heavy atom. The molecule has 1 aromatic carbocycles. The van der Waals surface area contributed by atoms with Gasteiger partial charge in [-0.15, -0.1) is 0 Å². The lowest BCUT2D eigenvalue weighted by Crippen LogP contribution is -2.23. The van der Waals surface area contributed by atoms with Crippen molar-refractivity contribution in [1.82, 2.24) is 0 Å². The molecule has 0 N–H and O–H groups in total. The monoisotopic (exact) mass is 285 g/mol. The first kappa shape index (κ1) is 13.2. The highest BCUT2D eigenvalue weighted by Gasteiger charge is 2.07. The SMILES string of the molecule is CCOCCN(C)c1ccc(Br)cc1C=O. The van der Waals surface area contributed by atoms with E-state index >= 15 is 0 Å². The van der Waals surface area contributed by atoms with Gasteiger partial charge in [0.2, 0.25) is 0 Å². The summed E-state index contributed by atoms with van der Waals surface area (Å²) in [7, 11) is 1.95. The number of rotatable bonds is 6. The molecular formula is C12H16BrNO2. The van der Waals surface area contributed by atoms with E-state index in [-0.39, 0.29) is 0 Å². The topological polar surface area (TPSA) is 29.5 Å². The van der Waals surface area contributed by atoms with Crippen molar-refractivity contribution in [2.24, 2.45) is 0 Å². The second kappa shape index (κ2) is 6.66. The van der Waals surface area contributed by atoms with Gasteiger partial charge in [-0.1, -0.05) is 15.9 Å². The first-order valence-electron chi connectivity index (χ1n) is 5.22. The van der Waals surface area contributed by atoms with Gasteiger partial charge in [-0.25, -0.2) is 0 Å². The maximum Gasteiger partial charge on any atom is 0.152 e. The maximum atomic E-state index is 10.9. The number of nitrogens with zero attached hydrogens (tertiary/aromatic N) is 1. The molecule has 0 atom stereocenters. The lowest BCUT2D eigenvalue weighted by Gasteiger charge is -2.20. The van der Waals surface area contributed by atoms with Crippen molar-refractivity contribution in [1.29, 1.82) is 0 Å². The number of likely N-dealkylation sites (N-methyl/N-ethyl adjacent to an activating group) is 1. The molecule has 16 heavy (non-hydrogen) atoms. The van der Waals surface area contributed by atoms with E-state index in [1.54, 1.807) is 0 Å². The molecule has 0 unspecified atom stereocenters. The summed E-state index contributed by atoms with van der Waals surface area (Å²) >= 11 is 3.35. The molecule has 3 nitrogen and oxygen atoms in total. The van der Waals surface area contributed by atoms with E-state index in [1.807, 2.05) is 37.1 Å². The number of benzene rings is 1. The number of carbonyl (C=O) groups is 1. The third-order valence-electron chi connectivity index (χ3n) is 2.30. The molecule has 0 bridgehead atoms. The highest BCUT2D eigenvalue weighted by Crippen LogP contribution is 2.22. The first-order chi connectivity index (χ1) is 7.69. The summed E-state index contributed by atoms with van der Waals surface area (Å²) in [5.74, 6) is 0. The fourth-order valence-corrected chi connectivity index (χ4v) is 1.81. The summed E-state index contributed by atoms with van der Waals surface area (Å²) in [5, 5.41) is 0. The first-order valence-corrected chi connectivity index (χ1v) is 6.02. The second-order valence-corrected chi connectivity index (χ2v) is 4.36. The zero-order chi connectivity index (χ0) is 12.0. The van der Waals surface area contributed by atoms with Crippen molar-refractivity contribution in [2.75, 3.05) is 31.7 Å². The van der Waals surface area contributed by atoms with Crippen LogP contribution in [0.1, 0.15) is 17.3 Å². The molecular weight excluding hydrogens is 270 g/mol. The maximum absolute atomic E-state index is 10.9. The number of hydrogen-bond donors (Lipinski definition) is 0. The van der Waals surface area contributed by atoms with Crippen molar-refractivity contribution in [3.05, 3.63) is 28.2 Å². The van der Waals surface area contributed by atoms with Crippen LogP contribution in [0, 0.1) is 0 Å². The molecule has 1 aromatic rings. The van der Waals surface area contributed by atoms with Crippen LogP contribution in [0.5, 0.6) is 0 Å². The van der Waals surface area contributed by atoms with Crippen molar-refractivity contribution < 1.29 is 9.53 Å². The number of carbonyl (C=O) groups excluding carboxylic acids is 1. The average molecular weight is 286 g/mol. The molecule has 4 heteroatoms. The zero-order valence-corrected chi connectivity index (χ0v) is 11.2. The fraction of sp³-hybridized carbons (Fsp3) is 0.417. The van der Waals surface area contributed by atoms with Crippen LogP contribution in [0.15, 0.2) is 22.7 Å². The van der Waals surface area contributed by atoms with Gasteiger partial charge in [0.15, 0.2) is 6.29 Å². The minimum atomic E-state index is 0.668. The van der Waals surface area contributed by atoms with Crippen molar-refractivity contribution in [3.8, 4) is 0 Å². The van der Waals surface area contributed by atoms with Crippen LogP contribution < -0.4 is 4.90 Å². The van der Waals surface area contributed by atoms with E-state index < -0.39 is 0 Å². The number of halogens is 1. The van der Waals surface area contributed by atoms with Crippen LogP contribution >= 0.6 is 15.9 Å². The van der Waals surface area contributed by atoms with Crippen molar-refractivity contribution >= 4 is 27.9 Å². The molecule has 0 radical (unpaired) electrons. The fourth-order valence-electron chi connectivity index (χ4n) is 1.43. The molecule has 0 saturated heterocycles. The molecule has 1 rings (SSSR count). The molecule has 0 spiro atoms. The Morgan fingerprint density at radius 1 is 1.50 bits per heavy atom. The minimum absolute atomic E-state index is 0.668. The smallest absolute Gasteiger partial charge is 0.152 e.